The molecule has 0 saturated carbocycles. The molecule has 7 heteroatoms. The van der Waals surface area contributed by atoms with E-state index in [-0.39, 0.29) is 22.0 Å². The number of fused-ring (bicyclic) bond motifs is 1. The second-order valence-electron chi connectivity index (χ2n) is 8.59. The lowest BCUT2D eigenvalue weighted by Crippen LogP contribution is -2.35. The summed E-state index contributed by atoms with van der Waals surface area (Å²) in [6.07, 6.45) is 0. The molecule has 162 valence electrons. The largest absolute Gasteiger partial charge is 0.486 e. The molecule has 31 heavy (non-hydrogen) atoms. The third kappa shape index (κ3) is 3.85. The zero-order valence-corrected chi connectivity index (χ0v) is 18.7. The van der Waals surface area contributed by atoms with Gasteiger partial charge in [0.1, 0.15) is 22.9 Å². The molecule has 6 nitrogen and oxygen atoms in total. The summed E-state index contributed by atoms with van der Waals surface area (Å²) >= 11 is 0. The molecule has 0 spiro atoms. The fraction of sp³-hybridized carbons (Fsp3) is 0.292. The second-order valence-corrected chi connectivity index (χ2v) is 10.5. The highest BCUT2D eigenvalue weighted by Crippen LogP contribution is 2.46. The summed E-state index contributed by atoms with van der Waals surface area (Å²) in [5, 5.41) is 3.12. The van der Waals surface area contributed by atoms with Gasteiger partial charge in [-0.1, -0.05) is 42.5 Å². The number of carbonyl (C=O) groups excluding carboxylic acids is 1. The van der Waals surface area contributed by atoms with Gasteiger partial charge in [-0.15, -0.1) is 0 Å². The van der Waals surface area contributed by atoms with Crippen molar-refractivity contribution in [1.29, 1.82) is 0 Å². The first-order valence-corrected chi connectivity index (χ1v) is 11.5. The Bertz CT molecular complexity index is 1200. The summed E-state index contributed by atoms with van der Waals surface area (Å²) in [4.78, 5) is 13.5. The zero-order valence-electron chi connectivity index (χ0n) is 17.9. The second kappa shape index (κ2) is 7.57. The van der Waals surface area contributed by atoms with Gasteiger partial charge in [-0.3, -0.25) is 0 Å². The summed E-state index contributed by atoms with van der Waals surface area (Å²) in [5.74, 6) is -1.07. The summed E-state index contributed by atoms with van der Waals surface area (Å²) in [6, 6.07) is 15.7. The number of hydrogen-bond donors (Lipinski definition) is 1. The fourth-order valence-electron chi connectivity index (χ4n) is 3.93. The van der Waals surface area contributed by atoms with Crippen molar-refractivity contribution in [1.82, 2.24) is 5.32 Å². The third-order valence-electron chi connectivity index (χ3n) is 5.14. The topological polar surface area (TPSA) is 81.7 Å². The average molecular weight is 440 g/mol. The standard InChI is InChI=1S/C24H25NO5S/c1-15-20(23(26)30-24(2,3)4)21(16-10-6-5-7-11-16)22-17(25-15)14-29-18-12-8-9-13-19(18)31(22,27)28/h5-13,21,25H,14H2,1-4H3. The van der Waals surface area contributed by atoms with Gasteiger partial charge in [0.25, 0.3) is 0 Å². The maximum atomic E-state index is 13.8. The molecule has 0 bridgehead atoms. The molecule has 0 radical (unpaired) electrons. The molecule has 2 aliphatic heterocycles. The molecule has 2 aromatic carbocycles. The number of sulfone groups is 1. The highest BCUT2D eigenvalue weighted by molar-refractivity contribution is 7.95. The number of rotatable bonds is 2. The smallest absolute Gasteiger partial charge is 0.337 e. The van der Waals surface area contributed by atoms with E-state index < -0.39 is 27.3 Å². The number of esters is 1. The van der Waals surface area contributed by atoms with Crippen LogP contribution in [-0.4, -0.2) is 26.6 Å². The van der Waals surface area contributed by atoms with E-state index in [1.54, 1.807) is 45.9 Å². The molecule has 2 heterocycles. The fourth-order valence-corrected chi connectivity index (χ4v) is 5.81. The molecular formula is C24H25NO5S. The van der Waals surface area contributed by atoms with Gasteiger partial charge in [0.05, 0.1) is 22.1 Å². The summed E-state index contributed by atoms with van der Waals surface area (Å²) in [5.41, 5.74) is 1.22. The first-order valence-electron chi connectivity index (χ1n) is 10.1. The van der Waals surface area contributed by atoms with Crippen LogP contribution in [0.3, 0.4) is 0 Å². The van der Waals surface area contributed by atoms with E-state index in [9.17, 15) is 13.2 Å². The van der Waals surface area contributed by atoms with Crippen LogP contribution in [0.25, 0.3) is 0 Å². The minimum absolute atomic E-state index is 0.0495. The minimum Gasteiger partial charge on any atom is -0.486 e. The molecular weight excluding hydrogens is 414 g/mol. The van der Waals surface area contributed by atoms with Crippen LogP contribution in [0.1, 0.15) is 39.2 Å². The maximum absolute atomic E-state index is 13.8. The van der Waals surface area contributed by atoms with Crippen molar-refractivity contribution in [3.05, 3.63) is 82.0 Å². The lowest BCUT2D eigenvalue weighted by atomic mass is 9.86. The number of hydrogen-bond acceptors (Lipinski definition) is 6. The molecule has 0 aliphatic carbocycles. The molecule has 2 aliphatic rings. The number of para-hydroxylation sites is 1. The molecule has 0 fully saturated rings. The van der Waals surface area contributed by atoms with E-state index in [0.29, 0.717) is 22.7 Å². The molecule has 4 rings (SSSR count). The van der Waals surface area contributed by atoms with E-state index in [4.69, 9.17) is 9.47 Å². The van der Waals surface area contributed by atoms with Crippen molar-refractivity contribution in [3.8, 4) is 5.75 Å². The highest BCUT2D eigenvalue weighted by Gasteiger charge is 2.44. The van der Waals surface area contributed by atoms with Crippen molar-refractivity contribution in [3.63, 3.8) is 0 Å². The van der Waals surface area contributed by atoms with Crippen LogP contribution >= 0.6 is 0 Å². The monoisotopic (exact) mass is 439 g/mol. The van der Waals surface area contributed by atoms with E-state index in [2.05, 4.69) is 5.32 Å². The molecule has 2 aromatic rings. The van der Waals surface area contributed by atoms with Crippen molar-refractivity contribution >= 4 is 15.8 Å². The Morgan fingerprint density at radius 2 is 1.71 bits per heavy atom. The molecule has 1 unspecified atom stereocenters. The van der Waals surface area contributed by atoms with Crippen LogP contribution in [0.4, 0.5) is 0 Å². The Balaban J connectivity index is 1.95. The van der Waals surface area contributed by atoms with Crippen LogP contribution in [0, 0.1) is 0 Å². The zero-order chi connectivity index (χ0) is 22.4. The normalized spacial score (nSPS) is 20.1. The van der Waals surface area contributed by atoms with Crippen molar-refractivity contribution < 1.29 is 22.7 Å². The van der Waals surface area contributed by atoms with E-state index in [1.807, 2.05) is 30.3 Å². The molecule has 0 aromatic heterocycles. The summed E-state index contributed by atoms with van der Waals surface area (Å²) < 4.78 is 39.2. The molecule has 1 atom stereocenters. The van der Waals surface area contributed by atoms with E-state index >= 15 is 0 Å². The SMILES string of the molecule is CC1=C(C(=O)OC(C)(C)C)C(c2ccccc2)C2=C(COc3ccccc3S2(=O)=O)N1. The average Bonchev–Trinajstić information content (AvgIpc) is 2.81. The maximum Gasteiger partial charge on any atom is 0.337 e. The number of dihydropyridines is 1. The highest BCUT2D eigenvalue weighted by atomic mass is 32.2. The number of carbonyl (C=O) groups is 1. The molecule has 0 amide bonds. The Hall–Kier alpha value is -3.06. The predicted octanol–water partition coefficient (Wildman–Crippen LogP) is 4.07. The Morgan fingerprint density at radius 1 is 1.06 bits per heavy atom. The van der Waals surface area contributed by atoms with Crippen LogP contribution in [0.5, 0.6) is 5.75 Å². The first kappa shape index (κ1) is 21.2. The Kier molecular flexibility index (Phi) is 5.17. The third-order valence-corrected chi connectivity index (χ3v) is 7.12. The van der Waals surface area contributed by atoms with Gasteiger partial charge < -0.3 is 14.8 Å². The Morgan fingerprint density at radius 3 is 2.39 bits per heavy atom. The number of benzene rings is 2. The van der Waals surface area contributed by atoms with Gasteiger partial charge >= 0.3 is 5.97 Å². The summed E-state index contributed by atoms with van der Waals surface area (Å²) in [7, 11) is -3.96. The van der Waals surface area contributed by atoms with E-state index in [1.165, 1.54) is 6.07 Å². The van der Waals surface area contributed by atoms with Gasteiger partial charge in [0.2, 0.25) is 9.84 Å². The van der Waals surface area contributed by atoms with Gasteiger partial charge in [-0.25, -0.2) is 13.2 Å². The lowest BCUT2D eigenvalue weighted by Gasteiger charge is -2.32. The van der Waals surface area contributed by atoms with Gasteiger partial charge in [0, 0.05) is 5.70 Å². The first-order chi connectivity index (χ1) is 14.6. The predicted molar refractivity (Wildman–Crippen MR) is 117 cm³/mol. The summed E-state index contributed by atoms with van der Waals surface area (Å²) in [6.45, 7) is 7.15. The number of allylic oxidation sites excluding steroid dienone is 2. The molecule has 1 N–H and O–H groups in total. The minimum atomic E-state index is -3.96. The van der Waals surface area contributed by atoms with Crippen LogP contribution in [0.2, 0.25) is 0 Å². The lowest BCUT2D eigenvalue weighted by molar-refractivity contribution is -0.150. The van der Waals surface area contributed by atoms with E-state index in [0.717, 1.165) is 0 Å². The quantitative estimate of drug-likeness (QED) is 0.711. The van der Waals surface area contributed by atoms with Crippen LogP contribution < -0.4 is 10.1 Å². The van der Waals surface area contributed by atoms with Gasteiger partial charge in [0.15, 0.2) is 0 Å². The van der Waals surface area contributed by atoms with Crippen molar-refractivity contribution in [2.24, 2.45) is 0 Å². The number of ether oxygens (including phenoxy) is 2. The van der Waals surface area contributed by atoms with Gasteiger partial charge in [-0.05, 0) is 45.4 Å². The van der Waals surface area contributed by atoms with Crippen LogP contribution in [-0.2, 0) is 19.4 Å². The number of nitrogens with one attached hydrogen (secondary N) is 1. The van der Waals surface area contributed by atoms with Crippen molar-refractivity contribution in [2.45, 2.75) is 44.1 Å². The molecule has 0 saturated heterocycles. The Labute approximate surface area is 182 Å². The van der Waals surface area contributed by atoms with Gasteiger partial charge in [-0.2, -0.15) is 0 Å². The van der Waals surface area contributed by atoms with Crippen molar-refractivity contribution in [2.75, 3.05) is 6.61 Å². The van der Waals surface area contributed by atoms with Crippen LogP contribution in [0.15, 0.2) is 81.4 Å².